The smallest absolute Gasteiger partial charge is 0.267 e. The average molecular weight is 543 g/mol. The second-order valence-corrected chi connectivity index (χ2v) is 12.2. The van der Waals surface area contributed by atoms with Crippen molar-refractivity contribution in [2.24, 2.45) is 5.92 Å². The van der Waals surface area contributed by atoms with E-state index in [1.165, 1.54) is 19.1 Å². The Morgan fingerprint density at radius 1 is 1.09 bits per heavy atom. The van der Waals surface area contributed by atoms with Crippen molar-refractivity contribution in [3.05, 3.63) is 62.9 Å². The number of hydrogen-bond donors (Lipinski definition) is 1. The molecule has 10 heteroatoms. The summed E-state index contributed by atoms with van der Waals surface area (Å²) >= 11 is 12.2. The van der Waals surface area contributed by atoms with E-state index in [0.717, 1.165) is 56.4 Å². The Morgan fingerprint density at radius 2 is 1.74 bits per heavy atom. The van der Waals surface area contributed by atoms with Crippen LogP contribution < -0.4 is 9.46 Å². The lowest BCUT2D eigenvalue weighted by atomic mass is 9.97. The fourth-order valence-electron chi connectivity index (χ4n) is 4.33. The molecule has 2 fully saturated rings. The van der Waals surface area contributed by atoms with Gasteiger partial charge < -0.3 is 4.74 Å². The number of nitrogens with one attached hydrogen (secondary N) is 1. The second kappa shape index (κ2) is 11.0. The topological polar surface area (TPSA) is 75.7 Å². The molecule has 1 saturated heterocycles. The lowest BCUT2D eigenvalue weighted by Gasteiger charge is -2.32. The first kappa shape index (κ1) is 26.2. The number of benzene rings is 2. The van der Waals surface area contributed by atoms with Crippen LogP contribution in [0.25, 0.3) is 0 Å². The van der Waals surface area contributed by atoms with Gasteiger partial charge in [0.1, 0.15) is 11.6 Å². The third-order valence-electron chi connectivity index (χ3n) is 6.50. The Kier molecular flexibility index (Phi) is 8.26. The summed E-state index contributed by atoms with van der Waals surface area (Å²) in [6, 6.07) is 8.25. The van der Waals surface area contributed by atoms with Gasteiger partial charge in [-0.1, -0.05) is 23.2 Å². The molecule has 1 aliphatic carbocycles. The Labute approximate surface area is 215 Å². The Bertz CT molecular complexity index is 1180. The molecule has 0 atom stereocenters. The van der Waals surface area contributed by atoms with Gasteiger partial charge in [-0.2, -0.15) is 0 Å². The fraction of sp³-hybridized carbons (Fsp3) is 0.480. The van der Waals surface area contributed by atoms with Gasteiger partial charge in [-0.15, -0.1) is 0 Å². The van der Waals surface area contributed by atoms with Crippen molar-refractivity contribution in [1.82, 2.24) is 9.62 Å². The minimum Gasteiger partial charge on any atom is -0.493 e. The highest BCUT2D eigenvalue weighted by molar-refractivity contribution is 7.90. The molecule has 4 rings (SSSR count). The van der Waals surface area contributed by atoms with Crippen LogP contribution in [0.5, 0.6) is 5.75 Å². The van der Waals surface area contributed by atoms with E-state index in [1.807, 2.05) is 16.9 Å². The Morgan fingerprint density at radius 3 is 2.34 bits per heavy atom. The van der Waals surface area contributed by atoms with Crippen molar-refractivity contribution in [3.63, 3.8) is 0 Å². The quantitative estimate of drug-likeness (QED) is 0.460. The molecule has 0 unspecified atom stereocenters. The first-order valence-corrected chi connectivity index (χ1v) is 14.2. The number of carbonyl (C=O) groups is 1. The van der Waals surface area contributed by atoms with Crippen molar-refractivity contribution in [2.75, 3.05) is 25.4 Å². The maximum Gasteiger partial charge on any atom is 0.267 e. The third kappa shape index (κ3) is 7.09. The van der Waals surface area contributed by atoms with Gasteiger partial charge in [0.15, 0.2) is 0 Å². The van der Waals surface area contributed by atoms with Crippen LogP contribution in [0.4, 0.5) is 4.39 Å². The second-order valence-electron chi connectivity index (χ2n) is 9.29. The zero-order valence-electron chi connectivity index (χ0n) is 19.5. The van der Waals surface area contributed by atoms with Crippen molar-refractivity contribution >= 4 is 39.1 Å². The number of carbonyl (C=O) groups excluding carboxylic acids is 1. The van der Waals surface area contributed by atoms with E-state index in [-0.39, 0.29) is 17.2 Å². The van der Waals surface area contributed by atoms with E-state index >= 15 is 0 Å². The number of sulfonamides is 1. The van der Waals surface area contributed by atoms with Gasteiger partial charge >= 0.3 is 0 Å². The highest BCUT2D eigenvalue weighted by atomic mass is 35.5. The molecule has 1 N–H and O–H groups in total. The molecule has 0 aromatic heterocycles. The summed E-state index contributed by atoms with van der Waals surface area (Å²) in [6.45, 7) is 4.48. The molecule has 0 bridgehead atoms. The molecule has 190 valence electrons. The molecule has 1 saturated carbocycles. The molecule has 1 aliphatic heterocycles. The highest BCUT2D eigenvalue weighted by Gasteiger charge is 2.30. The van der Waals surface area contributed by atoms with Gasteiger partial charge in [0.25, 0.3) is 5.91 Å². The molecule has 2 aromatic carbocycles. The zero-order chi connectivity index (χ0) is 25.2. The van der Waals surface area contributed by atoms with Crippen LogP contribution in [-0.2, 0) is 16.6 Å². The minimum absolute atomic E-state index is 0.200. The summed E-state index contributed by atoms with van der Waals surface area (Å²) in [5.41, 5.74) is 1.57. The van der Waals surface area contributed by atoms with Crippen LogP contribution >= 0.6 is 23.2 Å². The largest absolute Gasteiger partial charge is 0.493 e. The van der Waals surface area contributed by atoms with Crippen molar-refractivity contribution in [1.29, 1.82) is 0 Å². The molecule has 2 aromatic rings. The van der Waals surface area contributed by atoms with E-state index in [4.69, 9.17) is 27.9 Å². The summed E-state index contributed by atoms with van der Waals surface area (Å²) in [6.07, 6.45) is 3.76. The number of nitrogens with zero attached hydrogens (tertiary/aromatic N) is 1. The van der Waals surface area contributed by atoms with Crippen molar-refractivity contribution in [3.8, 4) is 5.75 Å². The number of halogens is 3. The first-order chi connectivity index (χ1) is 16.6. The number of amides is 1. The van der Waals surface area contributed by atoms with Crippen LogP contribution in [0.1, 0.15) is 60.0 Å². The molecule has 0 radical (unpaired) electrons. The molecule has 2 aliphatic rings. The molecule has 1 amide bonds. The first-order valence-electron chi connectivity index (χ1n) is 11.8. The van der Waals surface area contributed by atoms with Crippen molar-refractivity contribution in [2.45, 2.75) is 45.1 Å². The standard InChI is InChI=1S/C25H29Cl2FN2O4S/c1-2-35(32,33)29-25(31)22-12-21(18-3-4-18)24(13-23(22)28)34-15-16-5-7-30(8-6-16)14-17-9-19(26)11-20(27)10-17/h9-13,16,18H,2-8,14-15H2,1H3,(H,29,31). The van der Waals surface area contributed by atoms with Gasteiger partial charge in [-0.25, -0.2) is 17.5 Å². The predicted molar refractivity (Wildman–Crippen MR) is 135 cm³/mol. The average Bonchev–Trinajstić information content (AvgIpc) is 3.63. The fourth-order valence-corrected chi connectivity index (χ4v) is 5.44. The normalized spacial score (nSPS) is 17.4. The van der Waals surface area contributed by atoms with Gasteiger partial charge in [0, 0.05) is 22.7 Å². The number of hydrogen-bond acceptors (Lipinski definition) is 5. The van der Waals surface area contributed by atoms with Gasteiger partial charge in [-0.3, -0.25) is 9.69 Å². The highest BCUT2D eigenvalue weighted by Crippen LogP contribution is 2.45. The number of likely N-dealkylation sites (tertiary alicyclic amines) is 1. The lowest BCUT2D eigenvalue weighted by molar-refractivity contribution is 0.0977. The summed E-state index contributed by atoms with van der Waals surface area (Å²) in [4.78, 5) is 14.7. The van der Waals surface area contributed by atoms with Crippen LogP contribution in [-0.4, -0.2) is 44.7 Å². The van der Waals surface area contributed by atoms with Gasteiger partial charge in [-0.05, 0) is 92.9 Å². The van der Waals surface area contributed by atoms with E-state index in [9.17, 15) is 17.6 Å². The Hall–Kier alpha value is -1.87. The summed E-state index contributed by atoms with van der Waals surface area (Å²) in [5.74, 6) is -1.03. The summed E-state index contributed by atoms with van der Waals surface area (Å²) in [7, 11) is -3.78. The SMILES string of the molecule is CCS(=O)(=O)NC(=O)c1cc(C2CC2)c(OCC2CCN(Cc3cc(Cl)cc(Cl)c3)CC2)cc1F. The maximum absolute atomic E-state index is 14.8. The minimum atomic E-state index is -3.78. The monoisotopic (exact) mass is 542 g/mol. The zero-order valence-corrected chi connectivity index (χ0v) is 21.9. The van der Waals surface area contributed by atoms with E-state index in [0.29, 0.717) is 28.3 Å². The number of rotatable bonds is 9. The van der Waals surface area contributed by atoms with Gasteiger partial charge in [0.05, 0.1) is 17.9 Å². The van der Waals surface area contributed by atoms with Gasteiger partial charge in [0.2, 0.25) is 10.0 Å². The number of ether oxygens (including phenoxy) is 1. The summed E-state index contributed by atoms with van der Waals surface area (Å²) < 4.78 is 46.2. The van der Waals surface area contributed by atoms with E-state index < -0.39 is 21.7 Å². The van der Waals surface area contributed by atoms with Crippen LogP contribution in [0, 0.1) is 11.7 Å². The predicted octanol–water partition coefficient (Wildman–Crippen LogP) is 5.38. The Balaban J connectivity index is 1.36. The maximum atomic E-state index is 14.8. The van der Waals surface area contributed by atoms with Crippen LogP contribution in [0.3, 0.4) is 0 Å². The lowest BCUT2D eigenvalue weighted by Crippen LogP contribution is -2.35. The molecule has 35 heavy (non-hydrogen) atoms. The number of piperidine rings is 1. The third-order valence-corrected chi connectivity index (χ3v) is 8.19. The molecular weight excluding hydrogens is 514 g/mol. The molecule has 0 spiro atoms. The molecule has 1 heterocycles. The summed E-state index contributed by atoms with van der Waals surface area (Å²) in [5, 5.41) is 1.26. The van der Waals surface area contributed by atoms with Crippen LogP contribution in [0.2, 0.25) is 10.0 Å². The van der Waals surface area contributed by atoms with E-state index in [1.54, 1.807) is 6.07 Å². The van der Waals surface area contributed by atoms with Crippen molar-refractivity contribution < 1.29 is 22.3 Å². The molecular formula is C25H29Cl2FN2O4S. The molecule has 6 nitrogen and oxygen atoms in total. The van der Waals surface area contributed by atoms with Crippen LogP contribution in [0.15, 0.2) is 30.3 Å². The van der Waals surface area contributed by atoms with E-state index in [2.05, 4.69) is 4.90 Å².